The molecule has 0 saturated heterocycles. The number of anilines is 1. The van der Waals surface area contributed by atoms with Crippen molar-refractivity contribution in [1.29, 1.82) is 0 Å². The molecule has 0 amide bonds. The lowest BCUT2D eigenvalue weighted by molar-refractivity contribution is -0.137. The molecular formula is C14H14ClF3N2OS2. The summed E-state index contributed by atoms with van der Waals surface area (Å²) in [5, 5.41) is 10.4. The highest BCUT2D eigenvalue weighted by Crippen LogP contribution is 2.41. The molecule has 0 spiro atoms. The minimum atomic E-state index is -4.43. The first-order valence-electron chi connectivity index (χ1n) is 6.64. The van der Waals surface area contributed by atoms with Crippen LogP contribution in [0.4, 0.5) is 18.3 Å². The number of aryl methyl sites for hydroxylation is 1. The fourth-order valence-electron chi connectivity index (χ4n) is 1.79. The van der Waals surface area contributed by atoms with Gasteiger partial charge in [0.2, 0.25) is 0 Å². The van der Waals surface area contributed by atoms with Crippen LogP contribution in [0.5, 0.6) is 0 Å². The molecule has 126 valence electrons. The van der Waals surface area contributed by atoms with Gasteiger partial charge in [0.25, 0.3) is 0 Å². The second kappa shape index (κ2) is 7.29. The summed E-state index contributed by atoms with van der Waals surface area (Å²) in [4.78, 5) is 5.24. The molecule has 3 nitrogen and oxygen atoms in total. The van der Waals surface area contributed by atoms with Crippen LogP contribution in [0, 0.1) is 0 Å². The van der Waals surface area contributed by atoms with Crippen molar-refractivity contribution in [2.45, 2.75) is 42.0 Å². The SMILES string of the molecule is C[C@H](O)CCc1sc(N)nc1Sc1cc(C(F)(F)F)ccc1Cl. The topological polar surface area (TPSA) is 59.1 Å². The molecule has 1 aromatic heterocycles. The number of benzene rings is 1. The van der Waals surface area contributed by atoms with E-state index in [2.05, 4.69) is 4.98 Å². The van der Waals surface area contributed by atoms with E-state index in [1.54, 1.807) is 6.92 Å². The smallest absolute Gasteiger partial charge is 0.393 e. The summed E-state index contributed by atoms with van der Waals surface area (Å²) in [7, 11) is 0. The average molecular weight is 383 g/mol. The molecule has 9 heteroatoms. The van der Waals surface area contributed by atoms with E-state index >= 15 is 0 Å². The number of hydrogen-bond acceptors (Lipinski definition) is 5. The molecule has 3 N–H and O–H groups in total. The molecule has 0 bridgehead atoms. The van der Waals surface area contributed by atoms with E-state index in [1.165, 1.54) is 17.4 Å². The highest BCUT2D eigenvalue weighted by Gasteiger charge is 2.31. The van der Waals surface area contributed by atoms with Crippen molar-refractivity contribution < 1.29 is 18.3 Å². The molecule has 0 saturated carbocycles. The number of halogens is 4. The Bertz CT molecular complexity index is 689. The Morgan fingerprint density at radius 2 is 2.13 bits per heavy atom. The molecule has 2 rings (SSSR count). The third-order valence-electron chi connectivity index (χ3n) is 2.93. The predicted molar refractivity (Wildman–Crippen MR) is 87.1 cm³/mol. The van der Waals surface area contributed by atoms with Crippen LogP contribution in [0.3, 0.4) is 0 Å². The van der Waals surface area contributed by atoms with Gasteiger partial charge in [-0.1, -0.05) is 23.4 Å². The van der Waals surface area contributed by atoms with Crippen LogP contribution in [-0.2, 0) is 12.6 Å². The van der Waals surface area contributed by atoms with Crippen molar-refractivity contribution in [3.8, 4) is 0 Å². The average Bonchev–Trinajstić information content (AvgIpc) is 2.77. The Morgan fingerprint density at radius 1 is 1.43 bits per heavy atom. The Labute approximate surface area is 144 Å². The predicted octanol–water partition coefficient (Wildman–Crippen LogP) is 4.86. The summed E-state index contributed by atoms with van der Waals surface area (Å²) in [5.41, 5.74) is 4.93. The molecule has 1 atom stereocenters. The first kappa shape index (κ1) is 18.4. The van der Waals surface area contributed by atoms with Crippen molar-refractivity contribution in [2.24, 2.45) is 0 Å². The molecule has 23 heavy (non-hydrogen) atoms. The number of aliphatic hydroxyl groups excluding tert-OH is 1. The second-order valence-corrected chi connectivity index (χ2v) is 7.47. The maximum absolute atomic E-state index is 12.8. The van der Waals surface area contributed by atoms with Crippen LogP contribution in [0.2, 0.25) is 5.02 Å². The third-order valence-corrected chi connectivity index (χ3v) is 5.54. The van der Waals surface area contributed by atoms with E-state index in [1.807, 2.05) is 0 Å². The molecule has 0 aliphatic heterocycles. The van der Waals surface area contributed by atoms with Crippen molar-refractivity contribution in [2.75, 3.05) is 5.73 Å². The lowest BCUT2D eigenvalue weighted by atomic mass is 10.2. The normalized spacial score (nSPS) is 13.3. The van der Waals surface area contributed by atoms with Gasteiger partial charge in [-0.2, -0.15) is 13.2 Å². The molecule has 0 aliphatic rings. The highest BCUT2D eigenvalue weighted by molar-refractivity contribution is 7.99. The first-order chi connectivity index (χ1) is 10.7. The number of nitrogens with zero attached hydrogens (tertiary/aromatic N) is 1. The first-order valence-corrected chi connectivity index (χ1v) is 8.65. The minimum Gasteiger partial charge on any atom is -0.393 e. The lowest BCUT2D eigenvalue weighted by Crippen LogP contribution is -2.04. The van der Waals surface area contributed by atoms with Gasteiger partial charge < -0.3 is 10.8 Å². The Hall–Kier alpha value is -0.960. The minimum absolute atomic E-state index is 0.219. The number of alkyl halides is 3. The molecule has 0 aliphatic carbocycles. The standard InChI is InChI=1S/C14H14ClF3N2OS2/c1-7(21)2-5-10-12(20-13(19)23-10)22-11-6-8(14(16,17)18)3-4-9(11)15/h3-4,6-7,21H,2,5H2,1H3,(H2,19,20)/t7-/m0/s1. The molecule has 0 radical (unpaired) electrons. The fourth-order valence-corrected chi connectivity index (χ4v) is 4.00. The number of rotatable bonds is 5. The van der Waals surface area contributed by atoms with Gasteiger partial charge >= 0.3 is 6.18 Å². The number of hydrogen-bond donors (Lipinski definition) is 2. The quantitative estimate of drug-likeness (QED) is 0.775. The maximum atomic E-state index is 12.8. The van der Waals surface area contributed by atoms with Crippen molar-refractivity contribution in [1.82, 2.24) is 4.98 Å². The largest absolute Gasteiger partial charge is 0.416 e. The van der Waals surface area contributed by atoms with Gasteiger partial charge in [-0.25, -0.2) is 4.98 Å². The number of aromatic nitrogens is 1. The van der Waals surface area contributed by atoms with Crippen LogP contribution in [0.15, 0.2) is 28.1 Å². The lowest BCUT2D eigenvalue weighted by Gasteiger charge is -2.10. The number of thiazole rings is 1. The molecular weight excluding hydrogens is 369 g/mol. The van der Waals surface area contributed by atoms with Gasteiger partial charge in [-0.05, 0) is 38.0 Å². The molecule has 1 heterocycles. The molecule has 1 aromatic carbocycles. The summed E-state index contributed by atoms with van der Waals surface area (Å²) in [6.07, 6.45) is -3.85. The van der Waals surface area contributed by atoms with Gasteiger partial charge in [-0.15, -0.1) is 11.3 Å². The third kappa shape index (κ3) is 5.00. The van der Waals surface area contributed by atoms with Crippen LogP contribution >= 0.6 is 34.7 Å². The summed E-state index contributed by atoms with van der Waals surface area (Å²) in [5.74, 6) is 0. The van der Waals surface area contributed by atoms with E-state index in [0.717, 1.165) is 28.8 Å². The number of nitrogen functional groups attached to an aromatic ring is 1. The summed E-state index contributed by atoms with van der Waals surface area (Å²) in [6.45, 7) is 1.67. The summed E-state index contributed by atoms with van der Waals surface area (Å²) in [6, 6.07) is 3.16. The van der Waals surface area contributed by atoms with E-state index < -0.39 is 17.8 Å². The number of nitrogens with two attached hydrogens (primary N) is 1. The zero-order valence-corrected chi connectivity index (χ0v) is 14.4. The summed E-state index contributed by atoms with van der Waals surface area (Å²) < 4.78 is 38.5. The van der Waals surface area contributed by atoms with Crippen LogP contribution < -0.4 is 5.73 Å². The molecule has 2 aromatic rings. The van der Waals surface area contributed by atoms with Crippen molar-refractivity contribution >= 4 is 39.8 Å². The van der Waals surface area contributed by atoms with E-state index in [4.69, 9.17) is 17.3 Å². The van der Waals surface area contributed by atoms with Crippen LogP contribution in [-0.4, -0.2) is 16.2 Å². The van der Waals surface area contributed by atoms with Gasteiger partial charge in [0.1, 0.15) is 5.03 Å². The number of aliphatic hydroxyl groups is 1. The second-order valence-electron chi connectivity index (χ2n) is 4.91. The maximum Gasteiger partial charge on any atom is 0.416 e. The Kier molecular flexibility index (Phi) is 5.83. The van der Waals surface area contributed by atoms with Gasteiger partial charge in [0.15, 0.2) is 5.13 Å². The molecule has 0 unspecified atom stereocenters. The highest BCUT2D eigenvalue weighted by atomic mass is 35.5. The van der Waals surface area contributed by atoms with Gasteiger partial charge in [0.05, 0.1) is 16.7 Å². The van der Waals surface area contributed by atoms with Crippen molar-refractivity contribution in [3.63, 3.8) is 0 Å². The molecule has 0 fully saturated rings. The Morgan fingerprint density at radius 3 is 2.74 bits per heavy atom. The fraction of sp³-hybridized carbons (Fsp3) is 0.357. The zero-order valence-electron chi connectivity index (χ0n) is 12.0. The van der Waals surface area contributed by atoms with Crippen LogP contribution in [0.1, 0.15) is 23.8 Å². The van der Waals surface area contributed by atoms with Gasteiger partial charge in [0, 0.05) is 9.77 Å². The van der Waals surface area contributed by atoms with Crippen LogP contribution in [0.25, 0.3) is 0 Å². The monoisotopic (exact) mass is 382 g/mol. The zero-order chi connectivity index (χ0) is 17.2. The Balaban J connectivity index is 2.28. The van der Waals surface area contributed by atoms with Gasteiger partial charge in [-0.3, -0.25) is 0 Å². The van der Waals surface area contributed by atoms with E-state index in [-0.39, 0.29) is 9.92 Å². The van der Waals surface area contributed by atoms with E-state index in [9.17, 15) is 18.3 Å². The summed E-state index contributed by atoms with van der Waals surface area (Å²) >= 11 is 8.31. The van der Waals surface area contributed by atoms with Crippen molar-refractivity contribution in [3.05, 3.63) is 33.7 Å². The van der Waals surface area contributed by atoms with E-state index in [0.29, 0.717) is 23.0 Å².